The van der Waals surface area contributed by atoms with E-state index in [2.05, 4.69) is 9.71 Å². The molecule has 29 heavy (non-hydrogen) atoms. The summed E-state index contributed by atoms with van der Waals surface area (Å²) in [5.41, 5.74) is 3.51. The number of hydrogen-bond acceptors (Lipinski definition) is 4. The van der Waals surface area contributed by atoms with Crippen molar-refractivity contribution in [3.63, 3.8) is 0 Å². The van der Waals surface area contributed by atoms with Crippen molar-refractivity contribution in [2.24, 2.45) is 0 Å². The fraction of sp³-hybridized carbons (Fsp3) is 0.190. The normalized spacial score (nSPS) is 11.9. The van der Waals surface area contributed by atoms with E-state index < -0.39 is 10.0 Å². The van der Waals surface area contributed by atoms with E-state index in [1.807, 2.05) is 23.8 Å². The molecule has 0 saturated heterocycles. The molecule has 0 bridgehead atoms. The quantitative estimate of drug-likeness (QED) is 0.638. The van der Waals surface area contributed by atoms with Gasteiger partial charge in [-0.25, -0.2) is 22.5 Å². The van der Waals surface area contributed by atoms with Crippen molar-refractivity contribution in [2.45, 2.75) is 20.4 Å². The van der Waals surface area contributed by atoms with E-state index >= 15 is 0 Å². The number of methoxy groups -OCH3 is 1. The predicted octanol–water partition coefficient (Wildman–Crippen LogP) is 3.73. The molecular weight excluding hydrogens is 393 g/mol. The lowest BCUT2D eigenvalue weighted by atomic mass is 10.1. The predicted molar refractivity (Wildman–Crippen MR) is 111 cm³/mol. The van der Waals surface area contributed by atoms with Crippen LogP contribution in [0.5, 0.6) is 5.75 Å². The summed E-state index contributed by atoms with van der Waals surface area (Å²) in [7, 11) is -2.11. The minimum absolute atomic E-state index is 0.0794. The van der Waals surface area contributed by atoms with E-state index in [0.717, 1.165) is 16.8 Å². The molecular formula is C21H22FN3O3S. The number of ether oxygens (including phenoxy) is 1. The number of imidazole rings is 1. The van der Waals surface area contributed by atoms with Gasteiger partial charge in [-0.2, -0.15) is 0 Å². The van der Waals surface area contributed by atoms with Crippen molar-refractivity contribution in [3.8, 4) is 11.4 Å². The Bertz CT molecular complexity index is 1150. The van der Waals surface area contributed by atoms with E-state index in [4.69, 9.17) is 4.74 Å². The van der Waals surface area contributed by atoms with Crippen LogP contribution in [-0.2, 0) is 16.6 Å². The van der Waals surface area contributed by atoms with Crippen LogP contribution in [-0.4, -0.2) is 25.1 Å². The van der Waals surface area contributed by atoms with Crippen LogP contribution in [0.3, 0.4) is 0 Å². The molecule has 8 heteroatoms. The monoisotopic (exact) mass is 415 g/mol. The zero-order chi connectivity index (χ0) is 21.0. The molecule has 1 aromatic heterocycles. The lowest BCUT2D eigenvalue weighted by Crippen LogP contribution is -2.20. The van der Waals surface area contributed by atoms with Gasteiger partial charge in [0.2, 0.25) is 10.0 Å². The summed E-state index contributed by atoms with van der Waals surface area (Å²) >= 11 is 0. The zero-order valence-electron chi connectivity index (χ0n) is 16.4. The smallest absolute Gasteiger partial charge is 0.234 e. The maximum absolute atomic E-state index is 13.3. The molecule has 0 aliphatic carbocycles. The number of nitrogens with one attached hydrogen (secondary N) is 1. The number of aryl methyl sites for hydroxylation is 2. The Balaban J connectivity index is 1.73. The van der Waals surface area contributed by atoms with Crippen LogP contribution >= 0.6 is 0 Å². The lowest BCUT2D eigenvalue weighted by molar-refractivity contribution is 0.413. The Morgan fingerprint density at radius 3 is 2.66 bits per heavy atom. The molecule has 152 valence electrons. The average Bonchev–Trinajstić information content (AvgIpc) is 3.13. The highest BCUT2D eigenvalue weighted by Crippen LogP contribution is 2.25. The van der Waals surface area contributed by atoms with Crippen LogP contribution < -0.4 is 9.46 Å². The molecule has 0 unspecified atom stereocenters. The van der Waals surface area contributed by atoms with Crippen LogP contribution in [0.4, 0.5) is 4.39 Å². The second kappa shape index (κ2) is 8.59. The number of halogens is 1. The minimum Gasteiger partial charge on any atom is -0.495 e. The number of benzene rings is 2. The molecule has 1 N–H and O–H groups in total. The average molecular weight is 415 g/mol. The molecule has 6 nitrogen and oxygen atoms in total. The first-order valence-electron chi connectivity index (χ1n) is 8.89. The van der Waals surface area contributed by atoms with Gasteiger partial charge in [0.1, 0.15) is 11.6 Å². The summed E-state index contributed by atoms with van der Waals surface area (Å²) in [6.45, 7) is 3.61. The largest absolute Gasteiger partial charge is 0.495 e. The second-order valence-corrected chi connectivity index (χ2v) is 8.26. The molecule has 0 spiro atoms. The minimum atomic E-state index is -3.66. The third-order valence-electron chi connectivity index (χ3n) is 4.33. The Morgan fingerprint density at radius 2 is 2.00 bits per heavy atom. The van der Waals surface area contributed by atoms with Crippen LogP contribution in [0, 0.1) is 19.7 Å². The van der Waals surface area contributed by atoms with Gasteiger partial charge in [0.25, 0.3) is 0 Å². The standard InChI is InChI=1S/C21H22FN3O3S/c1-15-10-18(4-6-19(15)22)12-24-29(26,27)9-8-17-5-7-20(21(11-17)28-3)25-13-16(2)23-14-25/h4-11,13-14,24H,12H2,1-3H3/b9-8+. The first-order chi connectivity index (χ1) is 13.8. The van der Waals surface area contributed by atoms with Crippen molar-refractivity contribution >= 4 is 16.1 Å². The van der Waals surface area contributed by atoms with Crippen molar-refractivity contribution in [1.82, 2.24) is 14.3 Å². The summed E-state index contributed by atoms with van der Waals surface area (Å²) in [6, 6.07) is 9.87. The number of sulfonamides is 1. The van der Waals surface area contributed by atoms with E-state index in [9.17, 15) is 12.8 Å². The number of rotatable bonds is 7. The fourth-order valence-electron chi connectivity index (χ4n) is 2.78. The van der Waals surface area contributed by atoms with Gasteiger partial charge < -0.3 is 9.30 Å². The van der Waals surface area contributed by atoms with Gasteiger partial charge in [0, 0.05) is 18.1 Å². The molecule has 3 rings (SSSR count). The second-order valence-electron chi connectivity index (χ2n) is 6.61. The highest BCUT2D eigenvalue weighted by molar-refractivity contribution is 7.92. The maximum atomic E-state index is 13.3. The van der Waals surface area contributed by atoms with Crippen LogP contribution in [0.25, 0.3) is 11.8 Å². The van der Waals surface area contributed by atoms with Gasteiger partial charge in [-0.1, -0.05) is 18.2 Å². The Morgan fingerprint density at radius 1 is 1.21 bits per heavy atom. The summed E-state index contributed by atoms with van der Waals surface area (Å²) in [5.74, 6) is 0.274. The highest BCUT2D eigenvalue weighted by atomic mass is 32.2. The third kappa shape index (κ3) is 5.30. The topological polar surface area (TPSA) is 73.2 Å². The van der Waals surface area contributed by atoms with E-state index in [0.29, 0.717) is 22.4 Å². The van der Waals surface area contributed by atoms with Crippen molar-refractivity contribution in [1.29, 1.82) is 0 Å². The number of nitrogens with zero attached hydrogens (tertiary/aromatic N) is 2. The van der Waals surface area contributed by atoms with Gasteiger partial charge in [-0.15, -0.1) is 0 Å². The first-order valence-corrected chi connectivity index (χ1v) is 10.4. The molecule has 1 heterocycles. The maximum Gasteiger partial charge on any atom is 0.234 e. The first kappa shape index (κ1) is 20.8. The summed E-state index contributed by atoms with van der Waals surface area (Å²) in [4.78, 5) is 4.20. The van der Waals surface area contributed by atoms with Gasteiger partial charge in [-0.3, -0.25) is 0 Å². The Hall–Kier alpha value is -2.97. The summed E-state index contributed by atoms with van der Waals surface area (Å²) in [6.07, 6.45) is 5.05. The zero-order valence-corrected chi connectivity index (χ0v) is 17.2. The summed E-state index contributed by atoms with van der Waals surface area (Å²) in [5, 5.41) is 1.10. The number of hydrogen-bond donors (Lipinski definition) is 1. The van der Waals surface area contributed by atoms with Gasteiger partial charge in [-0.05, 0) is 54.8 Å². The van der Waals surface area contributed by atoms with E-state index in [-0.39, 0.29) is 12.4 Å². The number of aromatic nitrogens is 2. The molecule has 0 atom stereocenters. The molecule has 0 radical (unpaired) electrons. The Kier molecular flexibility index (Phi) is 6.14. The third-order valence-corrected chi connectivity index (χ3v) is 5.37. The van der Waals surface area contributed by atoms with E-state index in [1.165, 1.54) is 12.1 Å². The molecule has 0 saturated carbocycles. The van der Waals surface area contributed by atoms with Crippen molar-refractivity contribution < 1.29 is 17.5 Å². The Labute approximate surface area is 169 Å². The van der Waals surface area contributed by atoms with E-state index in [1.54, 1.807) is 44.6 Å². The van der Waals surface area contributed by atoms with Gasteiger partial charge >= 0.3 is 0 Å². The molecule has 0 aliphatic heterocycles. The molecule has 0 aliphatic rings. The van der Waals surface area contributed by atoms with Gasteiger partial charge in [0.05, 0.1) is 24.8 Å². The molecule has 2 aromatic carbocycles. The van der Waals surface area contributed by atoms with Crippen LogP contribution in [0.1, 0.15) is 22.4 Å². The molecule has 3 aromatic rings. The summed E-state index contributed by atoms with van der Waals surface area (Å²) < 4.78 is 47.6. The highest BCUT2D eigenvalue weighted by Gasteiger charge is 2.09. The SMILES string of the molecule is COc1cc(/C=C/S(=O)(=O)NCc2ccc(F)c(C)c2)ccc1-n1cnc(C)c1. The van der Waals surface area contributed by atoms with Crippen LogP contribution in [0.15, 0.2) is 54.3 Å². The lowest BCUT2D eigenvalue weighted by Gasteiger charge is -2.10. The fourth-order valence-corrected chi connectivity index (χ4v) is 3.58. The van der Waals surface area contributed by atoms with Crippen molar-refractivity contribution in [2.75, 3.05) is 7.11 Å². The van der Waals surface area contributed by atoms with Crippen LogP contribution in [0.2, 0.25) is 0 Å². The van der Waals surface area contributed by atoms with Gasteiger partial charge in [0.15, 0.2) is 0 Å². The molecule has 0 amide bonds. The molecule has 0 fully saturated rings. The van der Waals surface area contributed by atoms with Crippen molar-refractivity contribution in [3.05, 3.63) is 82.5 Å².